The molecule has 4 heterocycles. The summed E-state index contributed by atoms with van der Waals surface area (Å²) in [7, 11) is -1.83. The van der Waals surface area contributed by atoms with Gasteiger partial charge in [-0.3, -0.25) is 4.98 Å². The SMILES string of the molecule is C=C[C@H]1C[N+]2(Cc3cccc(Cl)c3)CC[C@H]1C[C@@H]2[C@@H](O[Si](C)(C)C)c1ccnc2ccccc12.[Br-]. The van der Waals surface area contributed by atoms with E-state index in [1.165, 1.54) is 35.9 Å². The summed E-state index contributed by atoms with van der Waals surface area (Å²) in [5.41, 5.74) is 3.65. The molecule has 3 aromatic rings. The van der Waals surface area contributed by atoms with Crippen molar-refractivity contribution in [3.63, 3.8) is 0 Å². The summed E-state index contributed by atoms with van der Waals surface area (Å²) in [6.07, 6.45) is 6.64. The molecule has 0 saturated carbocycles. The van der Waals surface area contributed by atoms with E-state index in [4.69, 9.17) is 16.0 Å². The van der Waals surface area contributed by atoms with E-state index in [1.54, 1.807) is 0 Å². The van der Waals surface area contributed by atoms with Gasteiger partial charge in [0.25, 0.3) is 0 Å². The van der Waals surface area contributed by atoms with Gasteiger partial charge >= 0.3 is 0 Å². The molecule has 186 valence electrons. The van der Waals surface area contributed by atoms with Gasteiger partial charge in [-0.2, -0.15) is 0 Å². The van der Waals surface area contributed by atoms with Gasteiger partial charge < -0.3 is 25.9 Å². The molecule has 3 aliphatic rings. The predicted molar refractivity (Wildman–Crippen MR) is 144 cm³/mol. The van der Waals surface area contributed by atoms with Crippen LogP contribution < -0.4 is 17.0 Å². The van der Waals surface area contributed by atoms with E-state index in [1.807, 2.05) is 12.3 Å². The fraction of sp³-hybridized carbons (Fsp3) is 0.414. The number of quaternary nitrogens is 1. The number of aromatic nitrogens is 1. The monoisotopic (exact) mass is 570 g/mol. The van der Waals surface area contributed by atoms with Crippen LogP contribution in [-0.2, 0) is 11.0 Å². The van der Waals surface area contributed by atoms with Crippen LogP contribution in [0.25, 0.3) is 10.9 Å². The molecule has 0 radical (unpaired) electrons. The van der Waals surface area contributed by atoms with Crippen molar-refractivity contribution in [2.24, 2.45) is 11.8 Å². The van der Waals surface area contributed by atoms with Gasteiger partial charge in [-0.1, -0.05) is 48.0 Å². The number of hydrogen-bond acceptors (Lipinski definition) is 2. The van der Waals surface area contributed by atoms with Crippen molar-refractivity contribution in [1.82, 2.24) is 4.98 Å². The van der Waals surface area contributed by atoms with Crippen molar-refractivity contribution in [1.29, 1.82) is 0 Å². The van der Waals surface area contributed by atoms with Crippen LogP contribution in [-0.4, -0.2) is 36.9 Å². The van der Waals surface area contributed by atoms with Gasteiger partial charge in [0.15, 0.2) is 8.32 Å². The Balaban J connectivity index is 0.00000289. The molecule has 6 heteroatoms. The van der Waals surface area contributed by atoms with Gasteiger partial charge in [-0.25, -0.2) is 0 Å². The second-order valence-electron chi connectivity index (χ2n) is 11.2. The Morgan fingerprint density at radius 3 is 2.71 bits per heavy atom. The smallest absolute Gasteiger partial charge is 0.184 e. The molecule has 0 N–H and O–H groups in total. The maximum absolute atomic E-state index is 7.12. The molecule has 2 aromatic carbocycles. The van der Waals surface area contributed by atoms with Crippen LogP contribution in [0.15, 0.2) is 73.4 Å². The van der Waals surface area contributed by atoms with Crippen LogP contribution in [0.5, 0.6) is 0 Å². The van der Waals surface area contributed by atoms with E-state index in [9.17, 15) is 0 Å². The summed E-state index contributed by atoms with van der Waals surface area (Å²) < 4.78 is 8.16. The summed E-state index contributed by atoms with van der Waals surface area (Å²) in [5.74, 6) is 1.24. The normalized spacial score (nSPS) is 26.8. The third-order valence-corrected chi connectivity index (χ3v) is 9.08. The molecule has 3 nitrogen and oxygen atoms in total. The van der Waals surface area contributed by atoms with Gasteiger partial charge in [-0.15, -0.1) is 6.58 Å². The molecule has 0 amide bonds. The Kier molecular flexibility index (Phi) is 7.94. The number of hydrogen-bond donors (Lipinski definition) is 0. The van der Waals surface area contributed by atoms with Crippen molar-refractivity contribution in [2.45, 2.75) is 51.2 Å². The number of benzene rings is 2. The van der Waals surface area contributed by atoms with E-state index in [-0.39, 0.29) is 23.1 Å². The highest BCUT2D eigenvalue weighted by atomic mass is 79.9. The number of rotatable bonds is 7. The standard InChI is InChI=1S/C29H36ClN2OSi.BrH/c1-5-22-20-32(19-21-9-8-10-24(30)17-21)16-14-23(22)18-28(32)29(33-34(2,3)4)26-13-15-31-27-12-7-6-11-25(26)27;/h5-13,15,17,22-23,28-29H,1,14,16,18-20H2,2-4H3;1H/q+1;/p-1/t22-,23-,28+,29-,32?;/m0./s1. The van der Waals surface area contributed by atoms with Gasteiger partial charge in [0.2, 0.25) is 0 Å². The van der Waals surface area contributed by atoms with Crippen molar-refractivity contribution >= 4 is 30.8 Å². The molecule has 3 aliphatic heterocycles. The quantitative estimate of drug-likeness (QED) is 0.238. The predicted octanol–water partition coefficient (Wildman–Crippen LogP) is 4.40. The molecule has 5 atom stereocenters. The first-order valence-corrected chi connectivity index (χ1v) is 16.3. The summed E-state index contributed by atoms with van der Waals surface area (Å²) in [5, 5.41) is 2.03. The van der Waals surface area contributed by atoms with E-state index in [0.29, 0.717) is 17.9 Å². The molecule has 1 unspecified atom stereocenters. The van der Waals surface area contributed by atoms with E-state index in [0.717, 1.165) is 28.1 Å². The number of para-hydroxylation sites is 1. The third-order valence-electron chi connectivity index (χ3n) is 7.88. The molecule has 0 aliphatic carbocycles. The molecule has 6 rings (SSSR count). The lowest BCUT2D eigenvalue weighted by molar-refractivity contribution is -0.984. The number of fused-ring (bicyclic) bond motifs is 4. The fourth-order valence-electron chi connectivity index (χ4n) is 6.46. The topological polar surface area (TPSA) is 22.1 Å². The van der Waals surface area contributed by atoms with Gasteiger partial charge in [0.05, 0.1) is 18.6 Å². The first kappa shape index (κ1) is 26.6. The first-order valence-electron chi connectivity index (χ1n) is 12.5. The molecular formula is C29H36BrClN2OSi. The summed E-state index contributed by atoms with van der Waals surface area (Å²) in [6.45, 7) is 14.4. The highest BCUT2D eigenvalue weighted by Gasteiger charge is 2.55. The van der Waals surface area contributed by atoms with Gasteiger partial charge in [-0.05, 0) is 55.4 Å². The Morgan fingerprint density at radius 2 is 1.97 bits per heavy atom. The van der Waals surface area contributed by atoms with Crippen molar-refractivity contribution in [2.75, 3.05) is 13.1 Å². The zero-order chi connectivity index (χ0) is 23.9. The minimum Gasteiger partial charge on any atom is -1.00 e. The van der Waals surface area contributed by atoms with Crippen LogP contribution in [0.4, 0.5) is 0 Å². The van der Waals surface area contributed by atoms with Gasteiger partial charge in [0, 0.05) is 40.9 Å². The van der Waals surface area contributed by atoms with E-state index >= 15 is 0 Å². The Labute approximate surface area is 226 Å². The zero-order valence-corrected chi connectivity index (χ0v) is 24.3. The number of halogens is 2. The molecule has 3 fully saturated rings. The lowest BCUT2D eigenvalue weighted by Gasteiger charge is -2.59. The third kappa shape index (κ3) is 5.45. The molecule has 3 saturated heterocycles. The summed E-state index contributed by atoms with van der Waals surface area (Å²) >= 11 is 6.42. The Hall–Kier alpha value is -1.50. The molecule has 2 bridgehead atoms. The zero-order valence-electron chi connectivity index (χ0n) is 21.0. The molecule has 0 spiro atoms. The van der Waals surface area contributed by atoms with Crippen LogP contribution in [0.1, 0.15) is 30.1 Å². The van der Waals surface area contributed by atoms with Crippen molar-refractivity contribution in [3.8, 4) is 0 Å². The lowest BCUT2D eigenvalue weighted by Crippen LogP contribution is -3.00. The minimum absolute atomic E-state index is 0. The average molecular weight is 572 g/mol. The van der Waals surface area contributed by atoms with Crippen molar-refractivity contribution < 1.29 is 25.9 Å². The van der Waals surface area contributed by atoms with E-state index < -0.39 is 8.32 Å². The Morgan fingerprint density at radius 1 is 1.17 bits per heavy atom. The molecular weight excluding hydrogens is 536 g/mol. The maximum atomic E-state index is 7.12. The average Bonchev–Trinajstić information content (AvgIpc) is 2.81. The van der Waals surface area contributed by atoms with Crippen LogP contribution in [0.2, 0.25) is 24.7 Å². The minimum atomic E-state index is -1.83. The largest absolute Gasteiger partial charge is 1.00 e. The summed E-state index contributed by atoms with van der Waals surface area (Å²) in [6, 6.07) is 19.5. The van der Waals surface area contributed by atoms with Crippen molar-refractivity contribution in [3.05, 3.63) is 89.6 Å². The molecule has 35 heavy (non-hydrogen) atoms. The lowest BCUT2D eigenvalue weighted by atomic mass is 9.71. The summed E-state index contributed by atoms with van der Waals surface area (Å²) in [4.78, 5) is 4.66. The maximum Gasteiger partial charge on any atom is 0.184 e. The second kappa shape index (κ2) is 10.5. The van der Waals surface area contributed by atoms with Crippen LogP contribution in [0.3, 0.4) is 0 Å². The number of pyridine rings is 1. The first-order chi connectivity index (χ1) is 16.3. The van der Waals surface area contributed by atoms with Crippen LogP contribution in [0, 0.1) is 11.8 Å². The Bertz CT molecular complexity index is 1190. The number of nitrogens with zero attached hydrogens (tertiary/aromatic N) is 2. The highest BCUT2D eigenvalue weighted by Crippen LogP contribution is 2.49. The van der Waals surface area contributed by atoms with E-state index in [2.05, 4.69) is 85.8 Å². The fourth-order valence-corrected chi connectivity index (χ4v) is 7.72. The highest BCUT2D eigenvalue weighted by molar-refractivity contribution is 6.69. The second-order valence-corrected chi connectivity index (χ2v) is 16.1. The van der Waals surface area contributed by atoms with Gasteiger partial charge in [0.1, 0.15) is 18.7 Å². The molecule has 1 aromatic heterocycles. The van der Waals surface area contributed by atoms with Crippen LogP contribution >= 0.6 is 11.6 Å². The number of piperidine rings is 3.